The van der Waals surface area contributed by atoms with Crippen molar-refractivity contribution in [3.8, 4) is 5.75 Å². The van der Waals surface area contributed by atoms with E-state index in [0.29, 0.717) is 13.2 Å². The van der Waals surface area contributed by atoms with E-state index < -0.39 is 5.60 Å². The van der Waals surface area contributed by atoms with Crippen LogP contribution in [-0.2, 0) is 18.7 Å². The van der Waals surface area contributed by atoms with E-state index >= 15 is 0 Å². The van der Waals surface area contributed by atoms with Gasteiger partial charge in [0.2, 0.25) is 0 Å². The van der Waals surface area contributed by atoms with Crippen LogP contribution < -0.4 is 4.74 Å². The van der Waals surface area contributed by atoms with Gasteiger partial charge in [-0.15, -0.1) is 11.3 Å². The fraction of sp³-hybridized carbons (Fsp3) is 0.409. The van der Waals surface area contributed by atoms with Crippen molar-refractivity contribution in [1.29, 1.82) is 0 Å². The van der Waals surface area contributed by atoms with Crippen molar-refractivity contribution in [3.63, 3.8) is 0 Å². The molecule has 1 atom stereocenters. The number of likely N-dealkylation sites (N-methyl/N-ethyl adjacent to an activating group) is 1. The van der Waals surface area contributed by atoms with Crippen LogP contribution >= 0.6 is 11.3 Å². The van der Waals surface area contributed by atoms with E-state index in [-0.39, 0.29) is 0 Å². The van der Waals surface area contributed by atoms with E-state index in [9.17, 15) is 5.11 Å². The molecule has 0 aliphatic carbocycles. The predicted molar refractivity (Wildman–Crippen MR) is 114 cm³/mol. The van der Waals surface area contributed by atoms with Gasteiger partial charge in [0.25, 0.3) is 0 Å². The summed E-state index contributed by atoms with van der Waals surface area (Å²) < 4.78 is 7.20. The summed E-state index contributed by atoms with van der Waals surface area (Å²) in [6.07, 6.45) is 0. The molecule has 4 rings (SSSR count). The Hall–Kier alpha value is -1.99. The van der Waals surface area contributed by atoms with Gasteiger partial charge in [-0.05, 0) is 50.8 Å². The number of hydrogen-bond acceptors (Lipinski definition) is 6. The molecule has 0 fully saturated rings. The van der Waals surface area contributed by atoms with Crippen LogP contribution in [0, 0.1) is 0 Å². The molecule has 1 unspecified atom stereocenters. The smallest absolute Gasteiger partial charge is 0.123 e. The predicted octanol–water partition coefficient (Wildman–Crippen LogP) is 3.46. The minimum Gasteiger partial charge on any atom is -0.492 e. The molecule has 0 bridgehead atoms. The largest absolute Gasteiger partial charge is 0.492 e. The van der Waals surface area contributed by atoms with Gasteiger partial charge in [-0.2, -0.15) is 0 Å². The molecular formula is C22H27N3O2S. The van der Waals surface area contributed by atoms with Crippen molar-refractivity contribution >= 4 is 21.6 Å². The molecule has 0 radical (unpaired) electrons. The van der Waals surface area contributed by atoms with Gasteiger partial charge in [-0.3, -0.25) is 4.90 Å². The Balaban J connectivity index is 1.55. The maximum atomic E-state index is 10.9. The number of hydrogen-bond donors (Lipinski definition) is 1. The number of nitrogens with zero attached hydrogens (tertiary/aromatic N) is 3. The highest BCUT2D eigenvalue weighted by Gasteiger charge is 2.26. The van der Waals surface area contributed by atoms with Crippen LogP contribution in [0.5, 0.6) is 5.75 Å². The Morgan fingerprint density at radius 2 is 2.07 bits per heavy atom. The third-order valence-electron chi connectivity index (χ3n) is 5.06. The van der Waals surface area contributed by atoms with Crippen molar-refractivity contribution in [2.45, 2.75) is 25.6 Å². The van der Waals surface area contributed by atoms with E-state index in [0.717, 1.165) is 47.0 Å². The van der Waals surface area contributed by atoms with Crippen LogP contribution in [0.25, 0.3) is 10.2 Å². The summed E-state index contributed by atoms with van der Waals surface area (Å²) in [4.78, 5) is 9.14. The summed E-state index contributed by atoms with van der Waals surface area (Å²) in [5, 5.41) is 12.0. The van der Waals surface area contributed by atoms with E-state index in [4.69, 9.17) is 9.72 Å². The molecule has 5 nitrogen and oxygen atoms in total. The maximum Gasteiger partial charge on any atom is 0.123 e. The summed E-state index contributed by atoms with van der Waals surface area (Å²) in [5.41, 5.74) is 2.21. The lowest BCUT2D eigenvalue weighted by atomic mass is 9.93. The minimum absolute atomic E-state index is 0.571. The average molecular weight is 398 g/mol. The number of benzene rings is 2. The second-order valence-corrected chi connectivity index (χ2v) is 9.08. The topological polar surface area (TPSA) is 48.8 Å². The lowest BCUT2D eigenvalue weighted by molar-refractivity contribution is 0.0299. The lowest BCUT2D eigenvalue weighted by Crippen LogP contribution is -2.34. The van der Waals surface area contributed by atoms with Gasteiger partial charge in [0.05, 0.1) is 22.4 Å². The molecule has 1 aliphatic heterocycles. The molecule has 3 aromatic rings. The number of aromatic nitrogens is 1. The van der Waals surface area contributed by atoms with E-state index in [1.165, 1.54) is 4.70 Å². The third-order valence-corrected chi connectivity index (χ3v) is 6.08. The van der Waals surface area contributed by atoms with Gasteiger partial charge in [0.1, 0.15) is 17.4 Å². The zero-order valence-corrected chi connectivity index (χ0v) is 17.5. The van der Waals surface area contributed by atoms with Crippen LogP contribution in [0.3, 0.4) is 0 Å². The van der Waals surface area contributed by atoms with Crippen molar-refractivity contribution in [2.75, 3.05) is 33.8 Å². The Bertz CT molecular complexity index is 934. The van der Waals surface area contributed by atoms with Crippen molar-refractivity contribution < 1.29 is 9.84 Å². The Morgan fingerprint density at radius 3 is 2.86 bits per heavy atom. The van der Waals surface area contributed by atoms with Crippen LogP contribution in [0.1, 0.15) is 23.1 Å². The fourth-order valence-electron chi connectivity index (χ4n) is 3.80. The minimum atomic E-state index is -0.900. The number of fused-ring (bicyclic) bond motifs is 2. The van der Waals surface area contributed by atoms with Crippen LogP contribution in [-0.4, -0.2) is 53.7 Å². The van der Waals surface area contributed by atoms with Gasteiger partial charge in [0.15, 0.2) is 0 Å². The van der Waals surface area contributed by atoms with Gasteiger partial charge in [0, 0.05) is 25.2 Å². The Morgan fingerprint density at radius 1 is 1.25 bits per heavy atom. The number of para-hydroxylation sites is 1. The highest BCUT2D eigenvalue weighted by atomic mass is 32.1. The van der Waals surface area contributed by atoms with Crippen LogP contribution in [0.2, 0.25) is 0 Å². The first-order valence-electron chi connectivity index (χ1n) is 9.61. The van der Waals surface area contributed by atoms with Crippen molar-refractivity contribution in [3.05, 3.63) is 58.6 Å². The molecule has 148 valence electrons. The quantitative estimate of drug-likeness (QED) is 0.715. The summed E-state index contributed by atoms with van der Waals surface area (Å²) >= 11 is 1.75. The Labute approximate surface area is 170 Å². The van der Waals surface area contributed by atoms with Gasteiger partial charge >= 0.3 is 0 Å². The second-order valence-electron chi connectivity index (χ2n) is 7.97. The second kappa shape index (κ2) is 7.79. The summed E-state index contributed by atoms with van der Waals surface area (Å²) in [7, 11) is 3.95. The summed E-state index contributed by atoms with van der Waals surface area (Å²) in [6, 6.07) is 14.3. The highest BCUT2D eigenvalue weighted by Crippen LogP contribution is 2.31. The molecule has 1 aliphatic rings. The van der Waals surface area contributed by atoms with Crippen LogP contribution in [0.4, 0.5) is 0 Å². The summed E-state index contributed by atoms with van der Waals surface area (Å²) in [5.74, 6) is 0.913. The van der Waals surface area contributed by atoms with Gasteiger partial charge in [-0.1, -0.05) is 18.2 Å². The third kappa shape index (κ3) is 4.20. The summed E-state index contributed by atoms with van der Waals surface area (Å²) in [6.45, 7) is 5.55. The molecule has 0 amide bonds. The number of rotatable bonds is 5. The van der Waals surface area contributed by atoms with Crippen molar-refractivity contribution in [2.24, 2.45) is 0 Å². The number of aliphatic hydroxyl groups is 1. The zero-order chi connectivity index (χ0) is 19.7. The van der Waals surface area contributed by atoms with Gasteiger partial charge in [-0.25, -0.2) is 4.98 Å². The first kappa shape index (κ1) is 19.3. The molecule has 6 heteroatoms. The highest BCUT2D eigenvalue weighted by molar-refractivity contribution is 7.18. The average Bonchev–Trinajstić information content (AvgIpc) is 2.92. The number of thiazole rings is 1. The molecular weight excluding hydrogens is 370 g/mol. The van der Waals surface area contributed by atoms with Crippen LogP contribution in [0.15, 0.2) is 42.5 Å². The molecule has 2 aromatic carbocycles. The zero-order valence-electron chi connectivity index (χ0n) is 16.7. The molecule has 0 spiro atoms. The molecule has 28 heavy (non-hydrogen) atoms. The van der Waals surface area contributed by atoms with Crippen molar-refractivity contribution in [1.82, 2.24) is 14.8 Å². The molecule has 2 heterocycles. The maximum absolute atomic E-state index is 10.9. The van der Waals surface area contributed by atoms with Gasteiger partial charge < -0.3 is 14.7 Å². The molecule has 1 N–H and O–H groups in total. The van der Waals surface area contributed by atoms with E-state index in [1.54, 1.807) is 11.3 Å². The molecule has 1 aromatic heterocycles. The molecule has 0 saturated carbocycles. The standard InChI is InChI=1S/C22H27N3O2S/c1-22(26,15-24(2)3)17-8-9-19-16(12-17)13-25(10-11-27-19)14-21-23-18-6-4-5-7-20(18)28-21/h4-9,12,26H,10-11,13-15H2,1-3H3. The van der Waals surface area contributed by atoms with E-state index in [1.807, 2.05) is 44.1 Å². The SMILES string of the molecule is CN(C)CC(C)(O)c1ccc2c(c1)CN(Cc1nc3ccccc3s1)CCO2. The first-order chi connectivity index (χ1) is 13.4. The normalized spacial score (nSPS) is 17.2. The monoisotopic (exact) mass is 397 g/mol. The fourth-order valence-corrected chi connectivity index (χ4v) is 4.81. The molecule has 0 saturated heterocycles. The number of ether oxygens (including phenoxy) is 1. The lowest BCUT2D eigenvalue weighted by Gasteiger charge is -2.28. The van der Waals surface area contributed by atoms with E-state index in [2.05, 4.69) is 29.2 Å². The first-order valence-corrected chi connectivity index (χ1v) is 10.4. The Kier molecular flexibility index (Phi) is 5.38.